The van der Waals surface area contributed by atoms with Crippen LogP contribution in [0.25, 0.3) is 0 Å². The number of methoxy groups -OCH3 is 1. The first-order valence-corrected chi connectivity index (χ1v) is 6.27. The molecule has 3 nitrogen and oxygen atoms in total. The summed E-state index contributed by atoms with van der Waals surface area (Å²) in [6.07, 6.45) is 2.28. The number of thiocarbonyl (C=S) groups is 1. The molecule has 0 saturated carbocycles. The number of hydrogen-bond acceptors (Lipinski definition) is 2. The van der Waals surface area contributed by atoms with E-state index in [-0.39, 0.29) is 0 Å². The summed E-state index contributed by atoms with van der Waals surface area (Å²) in [4.78, 5) is 0. The van der Waals surface area contributed by atoms with Crippen molar-refractivity contribution < 1.29 is 4.74 Å². The van der Waals surface area contributed by atoms with Crippen LogP contribution in [0, 0.1) is 6.92 Å². The van der Waals surface area contributed by atoms with Crippen molar-refractivity contribution in [3.63, 3.8) is 0 Å². The Morgan fingerprint density at radius 2 is 2.18 bits per heavy atom. The van der Waals surface area contributed by atoms with Crippen molar-refractivity contribution in [2.45, 2.75) is 26.7 Å². The third kappa shape index (κ3) is 4.61. The van der Waals surface area contributed by atoms with Crippen molar-refractivity contribution in [2.24, 2.45) is 0 Å². The van der Waals surface area contributed by atoms with Gasteiger partial charge in [-0.25, -0.2) is 0 Å². The number of hydrogen-bond donors (Lipinski definition) is 2. The van der Waals surface area contributed by atoms with Crippen molar-refractivity contribution in [3.8, 4) is 5.75 Å². The fraction of sp³-hybridized carbons (Fsp3) is 0.462. The fourth-order valence-corrected chi connectivity index (χ4v) is 1.62. The molecular weight excluding hydrogens is 232 g/mol. The third-order valence-electron chi connectivity index (χ3n) is 2.51. The van der Waals surface area contributed by atoms with Gasteiger partial charge in [-0.2, -0.15) is 0 Å². The van der Waals surface area contributed by atoms with E-state index in [9.17, 15) is 0 Å². The topological polar surface area (TPSA) is 33.3 Å². The summed E-state index contributed by atoms with van der Waals surface area (Å²) in [6.45, 7) is 5.10. The monoisotopic (exact) mass is 252 g/mol. The maximum Gasteiger partial charge on any atom is 0.170 e. The second-order valence-electron chi connectivity index (χ2n) is 3.92. The fourth-order valence-electron chi connectivity index (χ4n) is 1.41. The van der Waals surface area contributed by atoms with Gasteiger partial charge in [0.15, 0.2) is 5.11 Å². The predicted molar refractivity (Wildman–Crippen MR) is 76.9 cm³/mol. The molecule has 2 N–H and O–H groups in total. The first kappa shape index (κ1) is 13.8. The molecule has 0 fully saturated rings. The maximum atomic E-state index is 5.23. The predicted octanol–water partition coefficient (Wildman–Crippen LogP) is 3.09. The van der Waals surface area contributed by atoms with Crippen molar-refractivity contribution in [1.29, 1.82) is 0 Å². The minimum absolute atomic E-state index is 0.662. The van der Waals surface area contributed by atoms with E-state index in [0.717, 1.165) is 36.4 Å². The lowest BCUT2D eigenvalue weighted by Gasteiger charge is -2.13. The van der Waals surface area contributed by atoms with Gasteiger partial charge in [0.05, 0.1) is 7.11 Å². The molecule has 0 aromatic heterocycles. The van der Waals surface area contributed by atoms with Crippen LogP contribution < -0.4 is 15.4 Å². The molecule has 0 saturated heterocycles. The first-order chi connectivity index (χ1) is 8.17. The summed E-state index contributed by atoms with van der Waals surface area (Å²) in [5.74, 6) is 0.828. The van der Waals surface area contributed by atoms with Crippen LogP contribution in [0.15, 0.2) is 18.2 Å². The van der Waals surface area contributed by atoms with Crippen molar-refractivity contribution in [2.75, 3.05) is 19.0 Å². The summed E-state index contributed by atoms with van der Waals surface area (Å²) in [6, 6.07) is 5.90. The first-order valence-electron chi connectivity index (χ1n) is 5.87. The largest absolute Gasteiger partial charge is 0.497 e. The molecule has 0 spiro atoms. The number of nitrogens with one attached hydrogen (secondary N) is 2. The van der Waals surface area contributed by atoms with Crippen LogP contribution >= 0.6 is 12.2 Å². The van der Waals surface area contributed by atoms with Crippen LogP contribution in [-0.4, -0.2) is 18.8 Å². The zero-order valence-electron chi connectivity index (χ0n) is 10.7. The van der Waals surface area contributed by atoms with Gasteiger partial charge in [0.25, 0.3) is 0 Å². The smallest absolute Gasteiger partial charge is 0.170 e. The number of anilines is 1. The molecule has 0 atom stereocenters. The van der Waals surface area contributed by atoms with E-state index in [4.69, 9.17) is 17.0 Å². The average Bonchev–Trinajstić information content (AvgIpc) is 2.32. The molecule has 1 aromatic carbocycles. The van der Waals surface area contributed by atoms with Crippen LogP contribution in [0.1, 0.15) is 25.3 Å². The molecule has 0 bridgehead atoms. The summed E-state index contributed by atoms with van der Waals surface area (Å²) < 4.78 is 5.19. The Bertz CT molecular complexity index is 380. The number of benzene rings is 1. The zero-order chi connectivity index (χ0) is 12.7. The Labute approximate surface area is 109 Å². The van der Waals surface area contributed by atoms with Crippen molar-refractivity contribution in [1.82, 2.24) is 5.32 Å². The lowest BCUT2D eigenvalue weighted by atomic mass is 10.2. The Morgan fingerprint density at radius 1 is 1.41 bits per heavy atom. The third-order valence-corrected chi connectivity index (χ3v) is 2.76. The van der Waals surface area contributed by atoms with Gasteiger partial charge in [-0.15, -0.1) is 0 Å². The van der Waals surface area contributed by atoms with Gasteiger partial charge in [-0.05, 0) is 37.2 Å². The van der Waals surface area contributed by atoms with E-state index in [0.29, 0.717) is 5.11 Å². The summed E-state index contributed by atoms with van der Waals surface area (Å²) in [5, 5.41) is 7.02. The number of unbranched alkanes of at least 4 members (excludes halogenated alkanes) is 1. The Morgan fingerprint density at radius 3 is 2.82 bits per heavy atom. The second-order valence-corrected chi connectivity index (χ2v) is 4.32. The number of aryl methyl sites for hydroxylation is 1. The van der Waals surface area contributed by atoms with E-state index in [2.05, 4.69) is 17.6 Å². The zero-order valence-corrected chi connectivity index (χ0v) is 11.5. The minimum Gasteiger partial charge on any atom is -0.497 e. The van der Waals surface area contributed by atoms with E-state index in [1.807, 2.05) is 25.1 Å². The average molecular weight is 252 g/mol. The highest BCUT2D eigenvalue weighted by Crippen LogP contribution is 2.21. The normalized spacial score (nSPS) is 9.82. The highest BCUT2D eigenvalue weighted by molar-refractivity contribution is 7.80. The summed E-state index contributed by atoms with van der Waals surface area (Å²) >= 11 is 5.23. The molecule has 0 radical (unpaired) electrons. The second kappa shape index (κ2) is 7.12. The van der Waals surface area contributed by atoms with E-state index in [1.165, 1.54) is 0 Å². The standard InChI is InChI=1S/C13H20N2OS/c1-4-5-8-14-13(17)15-12-9-11(16-3)7-6-10(12)2/h6-7,9H,4-5,8H2,1-3H3,(H2,14,15,17). The molecule has 94 valence electrons. The van der Waals surface area contributed by atoms with Gasteiger partial charge in [-0.1, -0.05) is 19.4 Å². The van der Waals surface area contributed by atoms with Gasteiger partial charge >= 0.3 is 0 Å². The molecule has 0 aliphatic rings. The molecule has 0 aliphatic heterocycles. The molecule has 1 rings (SSSR count). The molecule has 0 amide bonds. The van der Waals surface area contributed by atoms with E-state index < -0.39 is 0 Å². The molecule has 17 heavy (non-hydrogen) atoms. The van der Waals surface area contributed by atoms with Gasteiger partial charge in [-0.3, -0.25) is 0 Å². The van der Waals surface area contributed by atoms with Gasteiger partial charge in [0, 0.05) is 18.3 Å². The van der Waals surface area contributed by atoms with Crippen LogP contribution in [0.5, 0.6) is 5.75 Å². The number of rotatable bonds is 5. The summed E-state index contributed by atoms with van der Waals surface area (Å²) in [7, 11) is 1.66. The van der Waals surface area contributed by atoms with Gasteiger partial charge in [0.2, 0.25) is 0 Å². The lowest BCUT2D eigenvalue weighted by molar-refractivity contribution is 0.415. The van der Waals surface area contributed by atoms with Crippen LogP contribution in [-0.2, 0) is 0 Å². The highest BCUT2D eigenvalue weighted by atomic mass is 32.1. The SMILES string of the molecule is CCCCNC(=S)Nc1cc(OC)ccc1C. The van der Waals surface area contributed by atoms with Crippen molar-refractivity contribution in [3.05, 3.63) is 23.8 Å². The maximum absolute atomic E-state index is 5.23. The van der Waals surface area contributed by atoms with E-state index >= 15 is 0 Å². The van der Waals surface area contributed by atoms with Gasteiger partial charge < -0.3 is 15.4 Å². The number of ether oxygens (including phenoxy) is 1. The van der Waals surface area contributed by atoms with Crippen LogP contribution in [0.3, 0.4) is 0 Å². The molecule has 1 aromatic rings. The summed E-state index contributed by atoms with van der Waals surface area (Å²) in [5.41, 5.74) is 2.13. The molecule has 0 unspecified atom stereocenters. The van der Waals surface area contributed by atoms with Crippen molar-refractivity contribution >= 4 is 23.0 Å². The van der Waals surface area contributed by atoms with E-state index in [1.54, 1.807) is 7.11 Å². The van der Waals surface area contributed by atoms with Crippen LogP contribution in [0.4, 0.5) is 5.69 Å². The molecule has 4 heteroatoms. The Kier molecular flexibility index (Phi) is 5.77. The molecular formula is C13H20N2OS. The minimum atomic E-state index is 0.662. The Balaban J connectivity index is 2.57. The highest BCUT2D eigenvalue weighted by Gasteiger charge is 2.02. The Hall–Kier alpha value is -1.29. The quantitative estimate of drug-likeness (QED) is 0.623. The van der Waals surface area contributed by atoms with Gasteiger partial charge in [0.1, 0.15) is 5.75 Å². The molecule has 0 aliphatic carbocycles. The van der Waals surface area contributed by atoms with Crippen LogP contribution in [0.2, 0.25) is 0 Å². The molecule has 0 heterocycles. The lowest BCUT2D eigenvalue weighted by Crippen LogP contribution is -2.29.